The second-order valence-corrected chi connectivity index (χ2v) is 3.52. The van der Waals surface area contributed by atoms with Gasteiger partial charge in [-0.1, -0.05) is 6.07 Å². The molecular formula is C9H8N4O3S. The summed E-state index contributed by atoms with van der Waals surface area (Å²) >= 11 is 4.82. The first-order chi connectivity index (χ1) is 8.13. The van der Waals surface area contributed by atoms with Crippen LogP contribution in [0.2, 0.25) is 0 Å². The van der Waals surface area contributed by atoms with E-state index in [-0.39, 0.29) is 16.2 Å². The van der Waals surface area contributed by atoms with Crippen LogP contribution in [-0.4, -0.2) is 27.2 Å². The number of H-pyrrole nitrogens is 2. The normalized spacial score (nSPS) is 10.2. The van der Waals surface area contributed by atoms with Crippen LogP contribution in [0.5, 0.6) is 5.75 Å². The number of aromatic nitrogens is 3. The number of nitro groups is 1. The van der Waals surface area contributed by atoms with E-state index in [1.54, 1.807) is 12.1 Å². The SMILES string of the molecule is COc1c(-c2nc(=S)[nH][nH]2)cccc1[N+](=O)[O-]. The number of hydrogen-bond donors (Lipinski definition) is 2. The van der Waals surface area contributed by atoms with Gasteiger partial charge in [0.15, 0.2) is 5.82 Å². The first-order valence-corrected chi connectivity index (χ1v) is 5.00. The van der Waals surface area contributed by atoms with Gasteiger partial charge in [-0.25, -0.2) is 0 Å². The molecule has 0 aliphatic carbocycles. The zero-order valence-corrected chi connectivity index (χ0v) is 9.58. The van der Waals surface area contributed by atoms with Crippen molar-refractivity contribution in [2.45, 2.75) is 0 Å². The molecule has 0 spiro atoms. The molecular weight excluding hydrogens is 244 g/mol. The van der Waals surface area contributed by atoms with E-state index in [1.807, 2.05) is 0 Å². The lowest BCUT2D eigenvalue weighted by Crippen LogP contribution is -1.96. The number of para-hydroxylation sites is 1. The molecule has 2 N–H and O–H groups in total. The molecule has 1 aromatic carbocycles. The number of hydrogen-bond acceptors (Lipinski definition) is 5. The van der Waals surface area contributed by atoms with Crippen LogP contribution in [0.3, 0.4) is 0 Å². The maximum Gasteiger partial charge on any atom is 0.311 e. The Bertz CT molecular complexity index is 619. The highest BCUT2D eigenvalue weighted by atomic mass is 32.1. The Morgan fingerprint density at radius 2 is 2.24 bits per heavy atom. The Labute approximate surface area is 101 Å². The molecule has 0 aliphatic heterocycles. The molecule has 0 unspecified atom stereocenters. The van der Waals surface area contributed by atoms with Crippen LogP contribution in [0.4, 0.5) is 5.69 Å². The summed E-state index contributed by atoms with van der Waals surface area (Å²) in [5, 5.41) is 16.2. The van der Waals surface area contributed by atoms with Crippen LogP contribution < -0.4 is 4.74 Å². The van der Waals surface area contributed by atoms with E-state index in [0.717, 1.165) is 0 Å². The highest BCUT2D eigenvalue weighted by molar-refractivity contribution is 7.71. The standard InChI is InChI=1S/C9H8N4O3S/c1-16-7-5(8-10-9(17)12-11-8)3-2-4-6(7)13(14)15/h2-4H,1H3,(H2,10,11,12,17). The Morgan fingerprint density at radius 3 is 2.76 bits per heavy atom. The lowest BCUT2D eigenvalue weighted by Gasteiger charge is -2.05. The van der Waals surface area contributed by atoms with Crippen molar-refractivity contribution in [1.29, 1.82) is 0 Å². The zero-order valence-electron chi connectivity index (χ0n) is 8.76. The van der Waals surface area contributed by atoms with Crippen molar-refractivity contribution < 1.29 is 9.66 Å². The van der Waals surface area contributed by atoms with Gasteiger partial charge in [0.05, 0.1) is 17.6 Å². The Morgan fingerprint density at radius 1 is 1.47 bits per heavy atom. The van der Waals surface area contributed by atoms with Gasteiger partial charge in [-0.05, 0) is 18.3 Å². The zero-order chi connectivity index (χ0) is 12.4. The van der Waals surface area contributed by atoms with Gasteiger partial charge < -0.3 is 4.74 Å². The molecule has 2 aromatic rings. The number of methoxy groups -OCH3 is 1. The fourth-order valence-electron chi connectivity index (χ4n) is 1.47. The van der Waals surface area contributed by atoms with E-state index in [0.29, 0.717) is 11.4 Å². The van der Waals surface area contributed by atoms with E-state index in [2.05, 4.69) is 15.2 Å². The van der Waals surface area contributed by atoms with Gasteiger partial charge in [-0.15, -0.1) is 0 Å². The molecule has 17 heavy (non-hydrogen) atoms. The van der Waals surface area contributed by atoms with E-state index in [4.69, 9.17) is 17.0 Å². The molecule has 0 aliphatic rings. The molecule has 0 atom stereocenters. The predicted molar refractivity (Wildman–Crippen MR) is 62.4 cm³/mol. The third-order valence-corrected chi connectivity index (χ3v) is 2.34. The van der Waals surface area contributed by atoms with Crippen molar-refractivity contribution in [3.8, 4) is 17.1 Å². The molecule has 8 heteroatoms. The van der Waals surface area contributed by atoms with Gasteiger partial charge in [0, 0.05) is 6.07 Å². The van der Waals surface area contributed by atoms with Crippen molar-refractivity contribution in [3.05, 3.63) is 33.1 Å². The third-order valence-electron chi connectivity index (χ3n) is 2.15. The summed E-state index contributed by atoms with van der Waals surface area (Å²) in [5.74, 6) is 0.547. The van der Waals surface area contributed by atoms with E-state index >= 15 is 0 Å². The number of nitrogens with zero attached hydrogens (tertiary/aromatic N) is 2. The number of benzene rings is 1. The highest BCUT2D eigenvalue weighted by Crippen LogP contribution is 2.35. The highest BCUT2D eigenvalue weighted by Gasteiger charge is 2.20. The number of nitrogens with one attached hydrogen (secondary N) is 2. The lowest BCUT2D eigenvalue weighted by atomic mass is 10.1. The van der Waals surface area contributed by atoms with Gasteiger partial charge in [-0.3, -0.25) is 20.3 Å². The van der Waals surface area contributed by atoms with Gasteiger partial charge in [0.25, 0.3) is 0 Å². The molecule has 0 saturated heterocycles. The minimum Gasteiger partial charge on any atom is -0.490 e. The van der Waals surface area contributed by atoms with Crippen LogP contribution in [0, 0.1) is 14.9 Å². The molecule has 7 nitrogen and oxygen atoms in total. The number of aromatic amines is 2. The summed E-state index contributed by atoms with van der Waals surface area (Å²) in [6.07, 6.45) is 0. The summed E-state index contributed by atoms with van der Waals surface area (Å²) in [7, 11) is 1.37. The summed E-state index contributed by atoms with van der Waals surface area (Å²) in [6, 6.07) is 4.58. The molecule has 0 amide bonds. The first-order valence-electron chi connectivity index (χ1n) is 4.60. The Balaban J connectivity index is 2.65. The fraction of sp³-hybridized carbons (Fsp3) is 0.111. The lowest BCUT2D eigenvalue weighted by molar-refractivity contribution is -0.385. The number of ether oxygens (including phenoxy) is 1. The summed E-state index contributed by atoms with van der Waals surface area (Å²) in [5.41, 5.74) is 0.362. The molecule has 88 valence electrons. The molecule has 0 radical (unpaired) electrons. The topological polar surface area (TPSA) is 96.8 Å². The van der Waals surface area contributed by atoms with Crippen molar-refractivity contribution in [3.63, 3.8) is 0 Å². The first kappa shape index (κ1) is 11.3. The van der Waals surface area contributed by atoms with Crippen LogP contribution in [-0.2, 0) is 0 Å². The molecule has 2 rings (SSSR count). The summed E-state index contributed by atoms with van der Waals surface area (Å²) in [6.45, 7) is 0. The molecule has 0 saturated carbocycles. The smallest absolute Gasteiger partial charge is 0.311 e. The summed E-state index contributed by atoms with van der Waals surface area (Å²) in [4.78, 5) is 14.3. The molecule has 0 fully saturated rings. The van der Waals surface area contributed by atoms with E-state index in [9.17, 15) is 10.1 Å². The van der Waals surface area contributed by atoms with Crippen LogP contribution >= 0.6 is 12.2 Å². The van der Waals surface area contributed by atoms with Crippen LogP contribution in [0.25, 0.3) is 11.4 Å². The summed E-state index contributed by atoms with van der Waals surface area (Å²) < 4.78 is 5.32. The second-order valence-electron chi connectivity index (χ2n) is 3.13. The monoisotopic (exact) mass is 252 g/mol. The van der Waals surface area contributed by atoms with Crippen molar-refractivity contribution in [2.75, 3.05) is 7.11 Å². The minimum absolute atomic E-state index is 0.118. The number of nitro benzene ring substituents is 1. The Kier molecular flexibility index (Phi) is 2.88. The Hall–Kier alpha value is -2.22. The minimum atomic E-state index is -0.510. The van der Waals surface area contributed by atoms with Crippen molar-refractivity contribution in [1.82, 2.24) is 15.2 Å². The van der Waals surface area contributed by atoms with Gasteiger partial charge in [-0.2, -0.15) is 4.98 Å². The quantitative estimate of drug-likeness (QED) is 0.495. The largest absolute Gasteiger partial charge is 0.490 e. The third kappa shape index (κ3) is 2.02. The van der Waals surface area contributed by atoms with Gasteiger partial charge in [0.2, 0.25) is 10.5 Å². The van der Waals surface area contributed by atoms with Gasteiger partial charge in [0.1, 0.15) is 0 Å². The van der Waals surface area contributed by atoms with E-state index < -0.39 is 4.92 Å². The molecule has 0 bridgehead atoms. The van der Waals surface area contributed by atoms with Crippen LogP contribution in [0.15, 0.2) is 18.2 Å². The predicted octanol–water partition coefficient (Wildman–Crippen LogP) is 2.05. The molecule has 1 aromatic heterocycles. The maximum atomic E-state index is 10.8. The maximum absolute atomic E-state index is 10.8. The van der Waals surface area contributed by atoms with Gasteiger partial charge >= 0.3 is 5.69 Å². The second kappa shape index (κ2) is 4.34. The van der Waals surface area contributed by atoms with Crippen LogP contribution in [0.1, 0.15) is 0 Å². The van der Waals surface area contributed by atoms with Crippen molar-refractivity contribution in [2.24, 2.45) is 0 Å². The average molecular weight is 252 g/mol. The average Bonchev–Trinajstić information content (AvgIpc) is 2.74. The van der Waals surface area contributed by atoms with E-state index in [1.165, 1.54) is 13.2 Å². The fourth-order valence-corrected chi connectivity index (χ4v) is 1.61. The number of rotatable bonds is 3. The van der Waals surface area contributed by atoms with Crippen molar-refractivity contribution >= 4 is 17.9 Å². The molecule has 1 heterocycles.